The molecule has 4 aromatic rings. The number of methoxy groups -OCH3 is 2. The van der Waals surface area contributed by atoms with Crippen LogP contribution >= 0.6 is 0 Å². The number of carboxylic acids is 1. The van der Waals surface area contributed by atoms with Gasteiger partial charge in [-0.15, -0.1) is 0 Å². The van der Waals surface area contributed by atoms with Crippen LogP contribution in [0.5, 0.6) is 34.5 Å². The fraction of sp³-hybridized carbons (Fsp3) is 0.375. The molecule has 2 fully saturated rings. The Kier molecular flexibility index (Phi) is 8.01. The molecular formula is C40H40N2O12. The summed E-state index contributed by atoms with van der Waals surface area (Å²) in [6.07, 6.45) is -5.78. The van der Waals surface area contributed by atoms with Gasteiger partial charge in [0, 0.05) is 30.2 Å². The molecule has 0 amide bonds. The molecule has 14 nitrogen and oxygen atoms in total. The van der Waals surface area contributed by atoms with Crippen molar-refractivity contribution in [3.63, 3.8) is 0 Å². The molecule has 7 N–H and O–H groups in total. The Labute approximate surface area is 309 Å². The molecule has 0 spiro atoms. The third-order valence-corrected chi connectivity index (χ3v) is 11.6. The van der Waals surface area contributed by atoms with Crippen LogP contribution in [0, 0.1) is 0 Å². The highest BCUT2D eigenvalue weighted by Gasteiger charge is 2.71. The second kappa shape index (κ2) is 12.5. The molecule has 5 aliphatic heterocycles. The number of rotatable bonds is 6. The number of carbonyl (C=O) groups is 1. The first-order chi connectivity index (χ1) is 26.0. The lowest BCUT2D eigenvalue weighted by Crippen LogP contribution is -2.87. The summed E-state index contributed by atoms with van der Waals surface area (Å²) in [6, 6.07) is 19.5. The molecular weight excluding hydrogens is 700 g/mol. The van der Waals surface area contributed by atoms with Gasteiger partial charge in [0.05, 0.1) is 26.2 Å². The van der Waals surface area contributed by atoms with Crippen molar-refractivity contribution in [3.8, 4) is 45.6 Å². The van der Waals surface area contributed by atoms with Crippen molar-refractivity contribution in [1.29, 1.82) is 0 Å². The maximum absolute atomic E-state index is 12.8. The number of phenolic OH excluding ortho intramolecular Hbond substituents is 1. The van der Waals surface area contributed by atoms with E-state index in [1.54, 1.807) is 38.5 Å². The third-order valence-electron chi connectivity index (χ3n) is 11.6. The van der Waals surface area contributed by atoms with Crippen molar-refractivity contribution in [2.24, 2.45) is 0 Å². The van der Waals surface area contributed by atoms with Gasteiger partial charge in [-0.3, -0.25) is 5.32 Å². The lowest BCUT2D eigenvalue weighted by molar-refractivity contribution is -0.362. The first-order valence-corrected chi connectivity index (χ1v) is 17.8. The van der Waals surface area contributed by atoms with Crippen LogP contribution in [0.15, 0.2) is 66.7 Å². The lowest BCUT2D eigenvalue weighted by Gasteiger charge is -2.58. The molecule has 5 heterocycles. The minimum atomic E-state index is -2.49. The van der Waals surface area contributed by atoms with Crippen molar-refractivity contribution in [2.45, 2.75) is 66.8 Å². The van der Waals surface area contributed by atoms with Crippen LogP contribution in [0.1, 0.15) is 39.8 Å². The second-order valence-electron chi connectivity index (χ2n) is 14.5. The monoisotopic (exact) mass is 740 g/mol. The minimum absolute atomic E-state index is 0.0190. The van der Waals surface area contributed by atoms with Crippen molar-refractivity contribution in [1.82, 2.24) is 10.6 Å². The number of carboxylic acid groups (broad SMARTS) is 1. The van der Waals surface area contributed by atoms with Crippen LogP contribution in [0.25, 0.3) is 11.1 Å². The van der Waals surface area contributed by atoms with Crippen molar-refractivity contribution >= 4 is 5.97 Å². The Morgan fingerprint density at radius 2 is 1.80 bits per heavy atom. The second-order valence-corrected chi connectivity index (χ2v) is 14.5. The molecule has 282 valence electrons. The van der Waals surface area contributed by atoms with E-state index in [-0.39, 0.29) is 24.0 Å². The van der Waals surface area contributed by atoms with E-state index >= 15 is 0 Å². The summed E-state index contributed by atoms with van der Waals surface area (Å²) < 4.78 is 37.6. The van der Waals surface area contributed by atoms with E-state index in [4.69, 9.17) is 28.4 Å². The van der Waals surface area contributed by atoms with Gasteiger partial charge < -0.3 is 59.3 Å². The average Bonchev–Trinajstić information content (AvgIpc) is 3.55. The molecule has 10 rings (SSSR count). The average molecular weight is 741 g/mol. The first-order valence-electron chi connectivity index (χ1n) is 17.8. The summed E-state index contributed by atoms with van der Waals surface area (Å²) >= 11 is 0. The molecule has 0 radical (unpaired) electrons. The fourth-order valence-corrected chi connectivity index (χ4v) is 9.04. The molecule has 6 aliphatic rings. The summed E-state index contributed by atoms with van der Waals surface area (Å²) in [5.74, 6) is 0.142. The fourth-order valence-electron chi connectivity index (χ4n) is 9.04. The summed E-state index contributed by atoms with van der Waals surface area (Å²) in [6.45, 7) is -0.137. The van der Waals surface area contributed by atoms with E-state index in [9.17, 15) is 30.3 Å². The van der Waals surface area contributed by atoms with Gasteiger partial charge in [-0.1, -0.05) is 36.4 Å². The van der Waals surface area contributed by atoms with E-state index in [1.807, 2.05) is 24.3 Å². The standard InChI is InChI=1S/C40H40N2O12/c1-41-29-17-42-40(48)35(44)36(54-39(29,37(40)45)38(46)47)51-22-15-25-24-14-21(43)8-7-20(24)12-18-5-4-6-19(11-18)13-27-30-23-9-10-26(49-2)33(50-3)32(23)53-34(30)31(25)28(16-22)52-27/h4-11,14-16,27,29-30,34-37,41-45,48H,12-13,17H2,1-3H3,(H,46,47)/t27-,29+,30-,34-,35+,36-,37-,39+,40-/m1/s1. The molecule has 8 bridgehead atoms. The molecule has 14 heteroatoms. The Bertz CT molecular complexity index is 2180. The smallest absolute Gasteiger partial charge is 0.340 e. The number of nitrogens with one attached hydrogen (secondary N) is 2. The predicted molar refractivity (Wildman–Crippen MR) is 190 cm³/mol. The maximum Gasteiger partial charge on any atom is 0.340 e. The molecule has 2 saturated heterocycles. The van der Waals surface area contributed by atoms with E-state index in [1.165, 1.54) is 7.05 Å². The van der Waals surface area contributed by atoms with Gasteiger partial charge in [0.25, 0.3) is 0 Å². The lowest BCUT2D eigenvalue weighted by atomic mass is 9.74. The van der Waals surface area contributed by atoms with Gasteiger partial charge in [-0.05, 0) is 65.6 Å². The Morgan fingerprint density at radius 1 is 0.981 bits per heavy atom. The summed E-state index contributed by atoms with van der Waals surface area (Å²) in [7, 11) is 4.62. The SMILES string of the molecule is CN[C@H]1CN[C@@]2(O)[C@@H](O)[C@H](Oc3cc4c5c(c3)-c3cc(O)ccc3Cc3cccc(c3)C[C@@H](O4)[C@H]3c4ccc(OC)c(OC)c4O[C@@H]53)O[C@]1(C(=O)O)[C@H]2O. The predicted octanol–water partition coefficient (Wildman–Crippen LogP) is 2.36. The quantitative estimate of drug-likeness (QED) is 0.152. The number of aliphatic carboxylic acids is 1. The molecule has 4 aromatic carbocycles. The zero-order valence-corrected chi connectivity index (χ0v) is 29.6. The van der Waals surface area contributed by atoms with E-state index in [0.29, 0.717) is 52.5 Å². The van der Waals surface area contributed by atoms with Crippen LogP contribution < -0.4 is 34.3 Å². The minimum Gasteiger partial charge on any atom is -0.508 e. The highest BCUT2D eigenvalue weighted by molar-refractivity contribution is 5.81. The van der Waals surface area contributed by atoms with E-state index < -0.39 is 54.0 Å². The normalized spacial score (nSPS) is 31.3. The van der Waals surface area contributed by atoms with Crippen molar-refractivity contribution in [3.05, 3.63) is 94.5 Å². The number of hydrogen-bond acceptors (Lipinski definition) is 13. The van der Waals surface area contributed by atoms with Crippen molar-refractivity contribution in [2.75, 3.05) is 27.8 Å². The van der Waals surface area contributed by atoms with E-state index in [2.05, 4.69) is 28.8 Å². The number of hydrogen-bond donors (Lipinski definition) is 7. The zero-order valence-electron chi connectivity index (χ0n) is 29.6. The molecule has 54 heavy (non-hydrogen) atoms. The Balaban J connectivity index is 1.24. The van der Waals surface area contributed by atoms with Crippen LogP contribution in [-0.2, 0) is 22.4 Å². The van der Waals surface area contributed by atoms with Gasteiger partial charge in [-0.25, -0.2) is 4.79 Å². The first kappa shape index (κ1) is 34.7. The van der Waals surface area contributed by atoms with Gasteiger partial charge in [0.15, 0.2) is 23.3 Å². The number of phenols is 1. The summed E-state index contributed by atoms with van der Waals surface area (Å²) in [4.78, 5) is 12.8. The van der Waals surface area contributed by atoms with Gasteiger partial charge in [-0.2, -0.15) is 0 Å². The molecule has 0 aromatic heterocycles. The number of ether oxygens (including phenoxy) is 6. The highest BCUT2D eigenvalue weighted by atomic mass is 16.7. The van der Waals surface area contributed by atoms with E-state index in [0.717, 1.165) is 22.3 Å². The van der Waals surface area contributed by atoms with Crippen LogP contribution in [0.2, 0.25) is 0 Å². The number of fused-ring (bicyclic) bond motifs is 3. The molecule has 0 unspecified atom stereocenters. The number of aliphatic hydroxyl groups excluding tert-OH is 2. The van der Waals surface area contributed by atoms with Gasteiger partial charge in [0.2, 0.25) is 17.6 Å². The highest BCUT2D eigenvalue weighted by Crippen LogP contribution is 2.61. The number of benzene rings is 4. The molecule has 1 aliphatic carbocycles. The Morgan fingerprint density at radius 3 is 2.56 bits per heavy atom. The third kappa shape index (κ3) is 4.91. The Hall–Kier alpha value is -5.09. The maximum atomic E-state index is 12.8. The molecule has 9 atom stereocenters. The number of aliphatic hydroxyl groups is 3. The van der Waals surface area contributed by atoms with Crippen LogP contribution in [0.4, 0.5) is 0 Å². The van der Waals surface area contributed by atoms with Crippen molar-refractivity contribution < 1.29 is 58.7 Å². The number of aromatic hydroxyl groups is 1. The number of likely N-dealkylation sites (N-methyl/N-ethyl adjacent to an activating group) is 1. The zero-order chi connectivity index (χ0) is 37.7. The summed E-state index contributed by atoms with van der Waals surface area (Å²) in [5, 5.41) is 61.0. The van der Waals surface area contributed by atoms with Crippen LogP contribution in [0.3, 0.4) is 0 Å². The summed E-state index contributed by atoms with van der Waals surface area (Å²) in [5.41, 5.74) is 0.890. The topological polar surface area (TPSA) is 198 Å². The molecule has 0 saturated carbocycles. The number of piperidine rings is 1. The van der Waals surface area contributed by atoms with Gasteiger partial charge >= 0.3 is 5.97 Å². The largest absolute Gasteiger partial charge is 0.508 e. The van der Waals surface area contributed by atoms with Gasteiger partial charge in [0.1, 0.15) is 35.6 Å². The van der Waals surface area contributed by atoms with Crippen LogP contribution in [-0.4, -0.2) is 101 Å².